The first-order valence-corrected chi connectivity index (χ1v) is 3.58. The largest absolute Gasteiger partial charge is 0.465 e. The third kappa shape index (κ3) is 1.40. The Bertz CT molecular complexity index is 143. The van der Waals surface area contributed by atoms with Gasteiger partial charge >= 0.3 is 6.09 Å². The van der Waals surface area contributed by atoms with Crippen molar-refractivity contribution in [1.82, 2.24) is 4.90 Å². The molecule has 1 aliphatic rings. The van der Waals surface area contributed by atoms with Crippen molar-refractivity contribution in [2.45, 2.75) is 25.8 Å². The van der Waals surface area contributed by atoms with Gasteiger partial charge in [0.05, 0.1) is 0 Å². The van der Waals surface area contributed by atoms with E-state index >= 15 is 0 Å². The lowest BCUT2D eigenvalue weighted by molar-refractivity contribution is 0.137. The maximum atomic E-state index is 10.4. The first-order valence-electron chi connectivity index (χ1n) is 3.58. The highest BCUT2D eigenvalue weighted by Gasteiger charge is 2.32. The summed E-state index contributed by atoms with van der Waals surface area (Å²) in [6.45, 7) is 1.96. The van der Waals surface area contributed by atoms with Gasteiger partial charge in [-0.2, -0.15) is 0 Å². The van der Waals surface area contributed by atoms with E-state index in [1.54, 1.807) is 7.05 Å². The van der Waals surface area contributed by atoms with Crippen molar-refractivity contribution in [2.24, 2.45) is 5.92 Å². The van der Waals surface area contributed by atoms with E-state index in [0.29, 0.717) is 5.92 Å². The van der Waals surface area contributed by atoms with Crippen LogP contribution >= 0.6 is 0 Å². The SMILES string of the molecule is C[C@H](C1CC1)N(C)C(=O)O. The van der Waals surface area contributed by atoms with Crippen LogP contribution in [0, 0.1) is 5.92 Å². The third-order valence-electron chi connectivity index (χ3n) is 2.22. The number of hydrogen-bond acceptors (Lipinski definition) is 1. The van der Waals surface area contributed by atoms with Gasteiger partial charge in [0.15, 0.2) is 0 Å². The zero-order chi connectivity index (χ0) is 7.72. The van der Waals surface area contributed by atoms with Gasteiger partial charge in [0, 0.05) is 13.1 Å². The van der Waals surface area contributed by atoms with Crippen LogP contribution in [0.3, 0.4) is 0 Å². The molecule has 0 radical (unpaired) electrons. The zero-order valence-corrected chi connectivity index (χ0v) is 6.37. The molecule has 1 saturated carbocycles. The number of carboxylic acid groups (broad SMARTS) is 1. The van der Waals surface area contributed by atoms with Crippen LogP contribution in [0.25, 0.3) is 0 Å². The Morgan fingerprint density at radius 2 is 2.20 bits per heavy atom. The fourth-order valence-electron chi connectivity index (χ4n) is 1.07. The quantitative estimate of drug-likeness (QED) is 0.634. The molecule has 1 rings (SSSR count). The van der Waals surface area contributed by atoms with Gasteiger partial charge in [-0.15, -0.1) is 0 Å². The van der Waals surface area contributed by atoms with Crippen LogP contribution in [0.5, 0.6) is 0 Å². The van der Waals surface area contributed by atoms with E-state index < -0.39 is 6.09 Å². The second-order valence-electron chi connectivity index (χ2n) is 2.97. The molecular weight excluding hydrogens is 130 g/mol. The summed E-state index contributed by atoms with van der Waals surface area (Å²) in [5.74, 6) is 0.626. The maximum absolute atomic E-state index is 10.4. The smallest absolute Gasteiger partial charge is 0.407 e. The lowest BCUT2D eigenvalue weighted by Gasteiger charge is -2.20. The lowest BCUT2D eigenvalue weighted by Crippen LogP contribution is -2.35. The third-order valence-corrected chi connectivity index (χ3v) is 2.22. The number of rotatable bonds is 2. The molecule has 1 aliphatic carbocycles. The molecule has 0 aromatic rings. The molecule has 3 heteroatoms. The summed E-state index contributed by atoms with van der Waals surface area (Å²) < 4.78 is 0. The average Bonchev–Trinajstić information content (AvgIpc) is 2.65. The highest BCUT2D eigenvalue weighted by molar-refractivity contribution is 5.65. The second-order valence-corrected chi connectivity index (χ2v) is 2.97. The van der Waals surface area contributed by atoms with Crippen LogP contribution in [-0.2, 0) is 0 Å². The van der Waals surface area contributed by atoms with Gasteiger partial charge in [0.2, 0.25) is 0 Å². The van der Waals surface area contributed by atoms with Crippen LogP contribution in [0.4, 0.5) is 4.79 Å². The van der Waals surface area contributed by atoms with Crippen LogP contribution in [0.15, 0.2) is 0 Å². The molecule has 3 nitrogen and oxygen atoms in total. The normalized spacial score (nSPS) is 20.2. The van der Waals surface area contributed by atoms with E-state index in [0.717, 1.165) is 0 Å². The van der Waals surface area contributed by atoms with Gasteiger partial charge in [0.1, 0.15) is 0 Å². The van der Waals surface area contributed by atoms with Gasteiger partial charge in [-0.25, -0.2) is 4.79 Å². The van der Waals surface area contributed by atoms with E-state index in [1.807, 2.05) is 6.92 Å². The summed E-state index contributed by atoms with van der Waals surface area (Å²) >= 11 is 0. The minimum absolute atomic E-state index is 0.206. The molecule has 0 aliphatic heterocycles. The molecule has 0 aromatic heterocycles. The number of hydrogen-bond donors (Lipinski definition) is 1. The van der Waals surface area contributed by atoms with Crippen molar-refractivity contribution in [2.75, 3.05) is 7.05 Å². The maximum Gasteiger partial charge on any atom is 0.407 e. The van der Waals surface area contributed by atoms with E-state index in [4.69, 9.17) is 5.11 Å². The van der Waals surface area contributed by atoms with E-state index in [2.05, 4.69) is 0 Å². The molecule has 1 N–H and O–H groups in total. The first kappa shape index (κ1) is 7.38. The minimum Gasteiger partial charge on any atom is -0.465 e. The molecule has 0 unspecified atom stereocenters. The second kappa shape index (κ2) is 2.48. The van der Waals surface area contributed by atoms with E-state index in [1.165, 1.54) is 17.7 Å². The molecule has 0 bridgehead atoms. The number of carbonyl (C=O) groups is 1. The molecule has 0 saturated heterocycles. The monoisotopic (exact) mass is 143 g/mol. The first-order chi connectivity index (χ1) is 4.63. The lowest BCUT2D eigenvalue weighted by atomic mass is 10.2. The van der Waals surface area contributed by atoms with Crippen LogP contribution in [-0.4, -0.2) is 29.2 Å². The Kier molecular flexibility index (Phi) is 1.83. The summed E-state index contributed by atoms with van der Waals surface area (Å²) in [4.78, 5) is 11.8. The van der Waals surface area contributed by atoms with Gasteiger partial charge in [-0.3, -0.25) is 0 Å². The van der Waals surface area contributed by atoms with Gasteiger partial charge in [-0.1, -0.05) is 0 Å². The summed E-state index contributed by atoms with van der Waals surface area (Å²) in [7, 11) is 1.63. The Balaban J connectivity index is 2.38. The molecule has 0 heterocycles. The van der Waals surface area contributed by atoms with Crippen LogP contribution in [0.2, 0.25) is 0 Å². The average molecular weight is 143 g/mol. The summed E-state index contributed by atoms with van der Waals surface area (Å²) in [6.07, 6.45) is 1.57. The van der Waals surface area contributed by atoms with Gasteiger partial charge in [0.25, 0.3) is 0 Å². The molecule has 10 heavy (non-hydrogen) atoms. The Morgan fingerprint density at radius 1 is 1.70 bits per heavy atom. The number of amides is 1. The minimum atomic E-state index is -0.820. The van der Waals surface area contributed by atoms with Crippen molar-refractivity contribution >= 4 is 6.09 Å². The van der Waals surface area contributed by atoms with Gasteiger partial charge < -0.3 is 10.0 Å². The predicted molar refractivity (Wildman–Crippen MR) is 38.0 cm³/mol. The summed E-state index contributed by atoms with van der Waals surface area (Å²) in [5, 5.41) is 8.56. The van der Waals surface area contributed by atoms with Crippen molar-refractivity contribution < 1.29 is 9.90 Å². The van der Waals surface area contributed by atoms with Crippen molar-refractivity contribution in [3.8, 4) is 0 Å². The van der Waals surface area contributed by atoms with Crippen molar-refractivity contribution in [1.29, 1.82) is 0 Å². The zero-order valence-electron chi connectivity index (χ0n) is 6.37. The molecule has 58 valence electrons. The Labute approximate surface area is 60.6 Å². The number of nitrogens with zero attached hydrogens (tertiary/aromatic N) is 1. The molecular formula is C7H13NO2. The van der Waals surface area contributed by atoms with Crippen molar-refractivity contribution in [3.05, 3.63) is 0 Å². The standard InChI is InChI=1S/C7H13NO2/c1-5(6-3-4-6)8(2)7(9)10/h5-6H,3-4H2,1-2H3,(H,9,10)/t5-/m1/s1. The van der Waals surface area contributed by atoms with Gasteiger partial charge in [-0.05, 0) is 25.7 Å². The van der Waals surface area contributed by atoms with Crippen LogP contribution in [0.1, 0.15) is 19.8 Å². The highest BCUT2D eigenvalue weighted by Crippen LogP contribution is 2.34. The van der Waals surface area contributed by atoms with E-state index in [9.17, 15) is 4.79 Å². The molecule has 1 atom stereocenters. The predicted octanol–water partition coefficient (Wildman–Crippen LogP) is 1.39. The Hall–Kier alpha value is -0.730. The van der Waals surface area contributed by atoms with Crippen LogP contribution < -0.4 is 0 Å². The highest BCUT2D eigenvalue weighted by atomic mass is 16.4. The molecule has 1 amide bonds. The Morgan fingerprint density at radius 3 is 2.50 bits per heavy atom. The fraction of sp³-hybridized carbons (Fsp3) is 0.857. The molecule has 0 spiro atoms. The summed E-state index contributed by atoms with van der Waals surface area (Å²) in [6, 6.07) is 0.206. The fourth-order valence-corrected chi connectivity index (χ4v) is 1.07. The topological polar surface area (TPSA) is 40.5 Å². The molecule has 1 fully saturated rings. The van der Waals surface area contributed by atoms with E-state index in [-0.39, 0.29) is 6.04 Å². The summed E-state index contributed by atoms with van der Waals surface area (Å²) in [5.41, 5.74) is 0. The van der Waals surface area contributed by atoms with Crippen molar-refractivity contribution in [3.63, 3.8) is 0 Å². The molecule has 0 aromatic carbocycles.